The molecule has 0 amide bonds. The van der Waals surface area contributed by atoms with E-state index in [2.05, 4.69) is 29.2 Å². The van der Waals surface area contributed by atoms with Crippen molar-refractivity contribution in [2.75, 3.05) is 19.6 Å². The molecule has 1 unspecified atom stereocenters. The Labute approximate surface area is 90.5 Å². The second-order valence-corrected chi connectivity index (χ2v) is 4.80. The van der Waals surface area contributed by atoms with E-state index in [-0.39, 0.29) is 6.10 Å². The van der Waals surface area contributed by atoms with Gasteiger partial charge in [0.15, 0.2) is 0 Å². The summed E-state index contributed by atoms with van der Waals surface area (Å²) in [6.07, 6.45) is 2.09. The van der Waals surface area contributed by atoms with E-state index in [9.17, 15) is 5.11 Å². The molecule has 1 aromatic rings. The van der Waals surface area contributed by atoms with Gasteiger partial charge in [0.2, 0.25) is 0 Å². The predicted octanol–water partition coefficient (Wildman–Crippen LogP) is 1.39. The van der Waals surface area contributed by atoms with Crippen LogP contribution in [0, 0.1) is 0 Å². The summed E-state index contributed by atoms with van der Waals surface area (Å²) >= 11 is 0. The van der Waals surface area contributed by atoms with Gasteiger partial charge in [-0.2, -0.15) is 0 Å². The average Bonchev–Trinajstić information content (AvgIpc) is 2.61. The van der Waals surface area contributed by atoms with Gasteiger partial charge in [-0.1, -0.05) is 24.3 Å². The molecular formula is C13H17NO. The van der Waals surface area contributed by atoms with E-state index in [1.165, 1.54) is 17.5 Å². The molecule has 2 aliphatic rings. The third-order valence-corrected chi connectivity index (χ3v) is 3.69. The van der Waals surface area contributed by atoms with Crippen LogP contribution in [0.3, 0.4) is 0 Å². The van der Waals surface area contributed by atoms with Crippen molar-refractivity contribution >= 4 is 0 Å². The maximum absolute atomic E-state index is 9.46. The van der Waals surface area contributed by atoms with E-state index >= 15 is 0 Å². The van der Waals surface area contributed by atoms with Crippen molar-refractivity contribution in [1.29, 1.82) is 0 Å². The number of hydrogen-bond acceptors (Lipinski definition) is 2. The normalized spacial score (nSPS) is 29.9. The van der Waals surface area contributed by atoms with Gasteiger partial charge in [0.05, 0.1) is 6.10 Å². The summed E-state index contributed by atoms with van der Waals surface area (Å²) in [5.74, 6) is 0.714. The lowest BCUT2D eigenvalue weighted by Crippen LogP contribution is -2.32. The molecule has 15 heavy (non-hydrogen) atoms. The maximum Gasteiger partial charge on any atom is 0.0679 e. The summed E-state index contributed by atoms with van der Waals surface area (Å²) < 4.78 is 0. The van der Waals surface area contributed by atoms with Crippen molar-refractivity contribution in [2.24, 2.45) is 0 Å². The largest absolute Gasteiger partial charge is 0.392 e. The minimum absolute atomic E-state index is 0.0830. The van der Waals surface area contributed by atoms with Crippen LogP contribution < -0.4 is 0 Å². The molecule has 1 fully saturated rings. The van der Waals surface area contributed by atoms with Crippen LogP contribution in [-0.4, -0.2) is 35.7 Å². The molecule has 0 saturated carbocycles. The van der Waals surface area contributed by atoms with Crippen molar-refractivity contribution < 1.29 is 5.11 Å². The number of aliphatic hydroxyl groups excluding tert-OH is 1. The topological polar surface area (TPSA) is 23.5 Å². The summed E-state index contributed by atoms with van der Waals surface area (Å²) in [5.41, 5.74) is 3.04. The number of benzene rings is 1. The first-order valence-electron chi connectivity index (χ1n) is 5.81. The molecule has 2 heteroatoms. The first-order chi connectivity index (χ1) is 7.33. The van der Waals surface area contributed by atoms with E-state index in [4.69, 9.17) is 0 Å². The fraction of sp³-hybridized carbons (Fsp3) is 0.538. The fourth-order valence-electron chi connectivity index (χ4n) is 2.82. The molecular weight excluding hydrogens is 186 g/mol. The second-order valence-electron chi connectivity index (χ2n) is 4.80. The van der Waals surface area contributed by atoms with E-state index in [1.54, 1.807) is 0 Å². The van der Waals surface area contributed by atoms with Gasteiger partial charge in [-0.3, -0.25) is 0 Å². The first kappa shape index (κ1) is 9.37. The Kier molecular flexibility index (Phi) is 2.26. The minimum Gasteiger partial charge on any atom is -0.392 e. The molecule has 2 nitrogen and oxygen atoms in total. The average molecular weight is 203 g/mol. The van der Waals surface area contributed by atoms with Crippen LogP contribution in [0.5, 0.6) is 0 Å². The molecule has 2 atom stereocenters. The van der Waals surface area contributed by atoms with Crippen molar-refractivity contribution in [3.63, 3.8) is 0 Å². The van der Waals surface area contributed by atoms with Crippen LogP contribution in [0.4, 0.5) is 0 Å². The summed E-state index contributed by atoms with van der Waals surface area (Å²) in [7, 11) is 0. The quantitative estimate of drug-likeness (QED) is 0.785. The Morgan fingerprint density at radius 2 is 2.20 bits per heavy atom. The van der Waals surface area contributed by atoms with Crippen molar-refractivity contribution in [3.8, 4) is 0 Å². The molecule has 0 radical (unpaired) electrons. The van der Waals surface area contributed by atoms with Gasteiger partial charge < -0.3 is 10.0 Å². The molecule has 1 heterocycles. The highest BCUT2D eigenvalue weighted by Gasteiger charge is 2.29. The van der Waals surface area contributed by atoms with Crippen molar-refractivity contribution in [2.45, 2.75) is 24.9 Å². The predicted molar refractivity (Wildman–Crippen MR) is 60.0 cm³/mol. The molecule has 0 aromatic heterocycles. The van der Waals surface area contributed by atoms with Gasteiger partial charge >= 0.3 is 0 Å². The molecule has 0 spiro atoms. The molecule has 1 aliphatic heterocycles. The number of nitrogens with zero attached hydrogens (tertiary/aromatic N) is 1. The maximum atomic E-state index is 9.46. The smallest absolute Gasteiger partial charge is 0.0679 e. The zero-order chi connectivity index (χ0) is 10.3. The highest BCUT2D eigenvalue weighted by molar-refractivity contribution is 5.40. The summed E-state index contributed by atoms with van der Waals surface area (Å²) in [6.45, 7) is 3.08. The van der Waals surface area contributed by atoms with Gasteiger partial charge in [0, 0.05) is 25.6 Å². The first-order valence-corrected chi connectivity index (χ1v) is 5.81. The lowest BCUT2D eigenvalue weighted by Gasteiger charge is -2.33. The standard InChI is InChI=1S/C13H17NO/c15-12-5-6-14(9-12)8-11-7-10-3-1-2-4-13(10)11/h1-4,11-12,15H,5-9H2/t11?,12-/m1/s1. The Hall–Kier alpha value is -0.860. The van der Waals surface area contributed by atoms with Crippen LogP contribution in [0.15, 0.2) is 24.3 Å². The Bertz CT molecular complexity index is 363. The van der Waals surface area contributed by atoms with Crippen molar-refractivity contribution in [3.05, 3.63) is 35.4 Å². The third kappa shape index (κ3) is 1.68. The number of hydrogen-bond donors (Lipinski definition) is 1. The number of aliphatic hydroxyl groups is 1. The number of β-amino-alcohol motifs (C(OH)–C–C–N with tert-alkyl or cyclic N) is 1. The van der Waals surface area contributed by atoms with Crippen LogP contribution in [0.2, 0.25) is 0 Å². The van der Waals surface area contributed by atoms with Crippen LogP contribution in [0.25, 0.3) is 0 Å². The highest BCUT2D eigenvalue weighted by atomic mass is 16.3. The number of likely N-dealkylation sites (tertiary alicyclic amines) is 1. The number of fused-ring (bicyclic) bond motifs is 1. The molecule has 80 valence electrons. The molecule has 1 saturated heterocycles. The van der Waals surface area contributed by atoms with Crippen LogP contribution in [0.1, 0.15) is 23.5 Å². The van der Waals surface area contributed by atoms with E-state index < -0.39 is 0 Å². The number of rotatable bonds is 2. The monoisotopic (exact) mass is 203 g/mol. The zero-order valence-electron chi connectivity index (χ0n) is 8.89. The summed E-state index contributed by atoms with van der Waals surface area (Å²) in [6, 6.07) is 8.72. The fourth-order valence-corrected chi connectivity index (χ4v) is 2.82. The molecule has 1 N–H and O–H groups in total. The highest BCUT2D eigenvalue weighted by Crippen LogP contribution is 2.35. The lowest BCUT2D eigenvalue weighted by molar-refractivity contribution is 0.173. The molecule has 1 aromatic carbocycles. The molecule has 1 aliphatic carbocycles. The van der Waals surface area contributed by atoms with Gasteiger partial charge in [0.25, 0.3) is 0 Å². The third-order valence-electron chi connectivity index (χ3n) is 3.69. The Morgan fingerprint density at radius 3 is 2.93 bits per heavy atom. The van der Waals surface area contributed by atoms with Gasteiger partial charge in [0.1, 0.15) is 0 Å². The SMILES string of the molecule is O[C@@H]1CCN(CC2Cc3ccccc32)C1. The summed E-state index contributed by atoms with van der Waals surface area (Å²) in [4.78, 5) is 2.39. The van der Waals surface area contributed by atoms with E-state index in [0.29, 0.717) is 5.92 Å². The minimum atomic E-state index is -0.0830. The zero-order valence-corrected chi connectivity index (χ0v) is 8.89. The molecule has 0 bridgehead atoms. The Balaban J connectivity index is 1.63. The second kappa shape index (κ2) is 3.62. The van der Waals surface area contributed by atoms with Gasteiger partial charge in [-0.25, -0.2) is 0 Å². The Morgan fingerprint density at radius 1 is 1.33 bits per heavy atom. The van der Waals surface area contributed by atoms with Crippen molar-refractivity contribution in [1.82, 2.24) is 4.90 Å². The van der Waals surface area contributed by atoms with E-state index in [0.717, 1.165) is 26.1 Å². The van der Waals surface area contributed by atoms with Gasteiger partial charge in [-0.15, -0.1) is 0 Å². The molecule has 3 rings (SSSR count). The lowest BCUT2D eigenvalue weighted by atomic mass is 9.77. The van der Waals surface area contributed by atoms with Gasteiger partial charge in [-0.05, 0) is 24.0 Å². The summed E-state index contributed by atoms with van der Waals surface area (Å²) in [5, 5.41) is 9.46. The van der Waals surface area contributed by atoms with Crippen LogP contribution >= 0.6 is 0 Å². The van der Waals surface area contributed by atoms with E-state index in [1.807, 2.05) is 0 Å². The van der Waals surface area contributed by atoms with Crippen LogP contribution in [-0.2, 0) is 6.42 Å².